The van der Waals surface area contributed by atoms with Crippen molar-refractivity contribution in [2.45, 2.75) is 25.8 Å². The third kappa shape index (κ3) is 2.91. The van der Waals surface area contributed by atoms with Gasteiger partial charge in [0.25, 0.3) is 5.69 Å². The van der Waals surface area contributed by atoms with Crippen LogP contribution in [0.1, 0.15) is 18.5 Å². The summed E-state index contributed by atoms with van der Waals surface area (Å²) >= 11 is 0. The van der Waals surface area contributed by atoms with Crippen molar-refractivity contribution >= 4 is 5.69 Å². The molecular weight excluding hydrogens is 222 g/mol. The molecular formula is C11H15N3O3. The molecule has 1 fully saturated rings. The summed E-state index contributed by atoms with van der Waals surface area (Å²) in [5.74, 6) is 0.455. The summed E-state index contributed by atoms with van der Waals surface area (Å²) < 4.78 is 5.51. The monoisotopic (exact) mass is 237 g/mol. The maximum absolute atomic E-state index is 10.7. The lowest BCUT2D eigenvalue weighted by Crippen LogP contribution is -2.28. The molecule has 1 aromatic heterocycles. The molecule has 92 valence electrons. The van der Waals surface area contributed by atoms with E-state index in [1.165, 1.54) is 12.3 Å². The van der Waals surface area contributed by atoms with Crippen LogP contribution in [-0.2, 0) is 0 Å². The normalized spacial score (nSPS) is 19.2. The highest BCUT2D eigenvalue weighted by Crippen LogP contribution is 2.21. The Bertz CT molecular complexity index is 416. The number of aryl methyl sites for hydroxylation is 1. The second-order valence-electron chi connectivity index (χ2n) is 4.14. The van der Waals surface area contributed by atoms with E-state index in [1.807, 2.05) is 0 Å². The second kappa shape index (κ2) is 5.09. The van der Waals surface area contributed by atoms with Gasteiger partial charge in [-0.3, -0.25) is 15.1 Å². The van der Waals surface area contributed by atoms with Crippen LogP contribution in [0.15, 0.2) is 12.3 Å². The first-order valence-corrected chi connectivity index (χ1v) is 5.64. The molecule has 1 unspecified atom stereocenters. The second-order valence-corrected chi connectivity index (χ2v) is 4.14. The van der Waals surface area contributed by atoms with Crippen molar-refractivity contribution in [2.24, 2.45) is 0 Å². The van der Waals surface area contributed by atoms with E-state index in [-0.39, 0.29) is 5.69 Å². The fourth-order valence-corrected chi connectivity index (χ4v) is 1.86. The molecule has 0 aromatic carbocycles. The van der Waals surface area contributed by atoms with Crippen molar-refractivity contribution in [3.8, 4) is 5.75 Å². The summed E-state index contributed by atoms with van der Waals surface area (Å²) in [6.45, 7) is 3.16. The highest BCUT2D eigenvalue weighted by atomic mass is 16.6. The van der Waals surface area contributed by atoms with E-state index < -0.39 is 4.92 Å². The molecule has 0 bridgehead atoms. The van der Waals surface area contributed by atoms with E-state index in [1.54, 1.807) is 6.92 Å². The zero-order valence-electron chi connectivity index (χ0n) is 9.68. The minimum Gasteiger partial charge on any atom is -0.490 e. The van der Waals surface area contributed by atoms with Gasteiger partial charge in [0.05, 0.1) is 17.2 Å². The van der Waals surface area contributed by atoms with Crippen molar-refractivity contribution in [2.75, 3.05) is 13.2 Å². The van der Waals surface area contributed by atoms with Crippen LogP contribution >= 0.6 is 0 Å². The molecule has 17 heavy (non-hydrogen) atoms. The Hall–Kier alpha value is -1.69. The van der Waals surface area contributed by atoms with E-state index in [0.29, 0.717) is 24.1 Å². The van der Waals surface area contributed by atoms with Gasteiger partial charge < -0.3 is 10.1 Å². The van der Waals surface area contributed by atoms with Crippen LogP contribution in [0, 0.1) is 17.0 Å². The van der Waals surface area contributed by atoms with Crippen molar-refractivity contribution in [3.05, 3.63) is 28.1 Å². The Morgan fingerprint density at radius 1 is 1.71 bits per heavy atom. The van der Waals surface area contributed by atoms with Gasteiger partial charge >= 0.3 is 0 Å². The number of ether oxygens (including phenoxy) is 1. The van der Waals surface area contributed by atoms with Crippen LogP contribution < -0.4 is 10.1 Å². The van der Waals surface area contributed by atoms with Crippen LogP contribution in [0.3, 0.4) is 0 Å². The summed E-state index contributed by atoms with van der Waals surface area (Å²) in [6.07, 6.45) is 3.76. The molecule has 2 rings (SSSR count). The standard InChI is InChI=1S/C11H15N3O3/c1-8-11(14(15)16)5-10(6-13-8)17-7-9-3-2-4-12-9/h5-6,9,12H,2-4,7H2,1H3. The third-order valence-corrected chi connectivity index (χ3v) is 2.85. The highest BCUT2D eigenvalue weighted by molar-refractivity contribution is 5.40. The molecule has 1 aromatic rings. The Labute approximate surface area is 99.2 Å². The van der Waals surface area contributed by atoms with Gasteiger partial charge in [0, 0.05) is 6.04 Å². The Morgan fingerprint density at radius 2 is 2.53 bits per heavy atom. The summed E-state index contributed by atoms with van der Waals surface area (Å²) in [4.78, 5) is 14.2. The predicted molar refractivity (Wildman–Crippen MR) is 62.1 cm³/mol. The van der Waals surface area contributed by atoms with Crippen molar-refractivity contribution in [1.82, 2.24) is 10.3 Å². The van der Waals surface area contributed by atoms with Crippen LogP contribution in [0.2, 0.25) is 0 Å². The van der Waals surface area contributed by atoms with E-state index in [9.17, 15) is 10.1 Å². The number of aromatic nitrogens is 1. The zero-order chi connectivity index (χ0) is 12.3. The molecule has 2 heterocycles. The number of nitrogens with one attached hydrogen (secondary N) is 1. The molecule has 1 saturated heterocycles. The van der Waals surface area contributed by atoms with Crippen LogP contribution in [-0.4, -0.2) is 29.1 Å². The van der Waals surface area contributed by atoms with Gasteiger partial charge in [0.15, 0.2) is 0 Å². The number of nitrogens with zero attached hydrogens (tertiary/aromatic N) is 2. The van der Waals surface area contributed by atoms with Crippen LogP contribution in [0.4, 0.5) is 5.69 Å². The lowest BCUT2D eigenvalue weighted by molar-refractivity contribution is -0.385. The van der Waals surface area contributed by atoms with Gasteiger partial charge in [-0.05, 0) is 26.3 Å². The molecule has 1 N–H and O–H groups in total. The van der Waals surface area contributed by atoms with Gasteiger partial charge in [-0.15, -0.1) is 0 Å². The lowest BCUT2D eigenvalue weighted by atomic mass is 10.2. The molecule has 6 nitrogen and oxygen atoms in total. The minimum absolute atomic E-state index is 0.00174. The SMILES string of the molecule is Cc1ncc(OCC2CCCN2)cc1[N+](=O)[O-]. The molecule has 1 aliphatic rings. The highest BCUT2D eigenvalue weighted by Gasteiger charge is 2.16. The first-order chi connectivity index (χ1) is 8.16. The number of rotatable bonds is 4. The molecule has 0 spiro atoms. The Kier molecular flexibility index (Phi) is 3.53. The van der Waals surface area contributed by atoms with E-state index in [2.05, 4.69) is 10.3 Å². The largest absolute Gasteiger partial charge is 0.490 e. The Balaban J connectivity index is 2.00. The average molecular weight is 237 g/mol. The molecule has 0 amide bonds. The minimum atomic E-state index is -0.441. The van der Waals surface area contributed by atoms with E-state index in [0.717, 1.165) is 19.4 Å². The molecule has 0 radical (unpaired) electrons. The smallest absolute Gasteiger partial charge is 0.294 e. The van der Waals surface area contributed by atoms with Gasteiger partial charge in [0.1, 0.15) is 18.1 Å². The average Bonchev–Trinajstić information content (AvgIpc) is 2.80. The molecule has 6 heteroatoms. The number of hydrogen-bond acceptors (Lipinski definition) is 5. The maximum Gasteiger partial charge on any atom is 0.294 e. The number of nitro groups is 1. The number of pyridine rings is 1. The van der Waals surface area contributed by atoms with Gasteiger partial charge in [-0.1, -0.05) is 0 Å². The first kappa shape index (κ1) is 11.8. The topological polar surface area (TPSA) is 77.3 Å². The fraction of sp³-hybridized carbons (Fsp3) is 0.545. The fourth-order valence-electron chi connectivity index (χ4n) is 1.86. The third-order valence-electron chi connectivity index (χ3n) is 2.85. The summed E-state index contributed by atoms with van der Waals surface area (Å²) in [5.41, 5.74) is 0.406. The molecule has 0 aliphatic carbocycles. The van der Waals surface area contributed by atoms with Crippen molar-refractivity contribution in [1.29, 1.82) is 0 Å². The zero-order valence-corrected chi connectivity index (χ0v) is 9.68. The molecule has 0 saturated carbocycles. The van der Waals surface area contributed by atoms with Gasteiger partial charge in [-0.2, -0.15) is 0 Å². The number of hydrogen-bond donors (Lipinski definition) is 1. The summed E-state index contributed by atoms with van der Waals surface area (Å²) in [7, 11) is 0. The van der Waals surface area contributed by atoms with Gasteiger partial charge in [0.2, 0.25) is 0 Å². The quantitative estimate of drug-likeness (QED) is 0.633. The van der Waals surface area contributed by atoms with Crippen LogP contribution in [0.25, 0.3) is 0 Å². The van der Waals surface area contributed by atoms with E-state index in [4.69, 9.17) is 4.74 Å². The summed E-state index contributed by atoms with van der Waals surface area (Å²) in [5, 5.41) is 14.0. The van der Waals surface area contributed by atoms with Crippen molar-refractivity contribution in [3.63, 3.8) is 0 Å². The summed E-state index contributed by atoms with van der Waals surface area (Å²) in [6, 6.07) is 1.77. The maximum atomic E-state index is 10.7. The van der Waals surface area contributed by atoms with Crippen molar-refractivity contribution < 1.29 is 9.66 Å². The molecule has 1 atom stereocenters. The predicted octanol–water partition coefficient (Wildman–Crippen LogP) is 1.43. The van der Waals surface area contributed by atoms with Crippen LogP contribution in [0.5, 0.6) is 5.75 Å². The first-order valence-electron chi connectivity index (χ1n) is 5.64. The molecule has 1 aliphatic heterocycles. The lowest BCUT2D eigenvalue weighted by Gasteiger charge is -2.11. The Morgan fingerprint density at radius 3 is 3.18 bits per heavy atom. The van der Waals surface area contributed by atoms with E-state index >= 15 is 0 Å². The van der Waals surface area contributed by atoms with Gasteiger partial charge in [-0.25, -0.2) is 0 Å².